The van der Waals surface area contributed by atoms with Crippen LogP contribution in [0.1, 0.15) is 6.92 Å². The standard InChI is InChI=1S/C16H14ClF2NO2S/c1-10(22-13-4-2-3-11(17)9-13)15(21)20-12-5-7-14(8-6-12)23-16(18)19/h2-10,16H,1H3,(H,20,21)/t10-/m1/s1. The van der Waals surface area contributed by atoms with Crippen LogP contribution in [0.5, 0.6) is 5.75 Å². The molecule has 1 N–H and O–H groups in total. The Bertz CT molecular complexity index is 667. The molecule has 0 aliphatic carbocycles. The van der Waals surface area contributed by atoms with Crippen molar-refractivity contribution in [3.63, 3.8) is 0 Å². The molecule has 122 valence electrons. The number of carbonyl (C=O) groups excluding carboxylic acids is 1. The highest BCUT2D eigenvalue weighted by Crippen LogP contribution is 2.26. The van der Waals surface area contributed by atoms with E-state index in [1.165, 1.54) is 12.1 Å². The van der Waals surface area contributed by atoms with Crippen LogP contribution in [-0.4, -0.2) is 17.8 Å². The molecule has 0 radical (unpaired) electrons. The summed E-state index contributed by atoms with van der Waals surface area (Å²) in [5.41, 5.74) is 0.509. The number of rotatable bonds is 6. The van der Waals surface area contributed by atoms with Gasteiger partial charge < -0.3 is 10.1 Å². The van der Waals surface area contributed by atoms with Crippen LogP contribution in [0, 0.1) is 0 Å². The first-order chi connectivity index (χ1) is 10.9. The van der Waals surface area contributed by atoms with Gasteiger partial charge in [0.25, 0.3) is 11.7 Å². The van der Waals surface area contributed by atoms with E-state index in [4.69, 9.17) is 16.3 Å². The van der Waals surface area contributed by atoms with E-state index in [1.54, 1.807) is 43.3 Å². The van der Waals surface area contributed by atoms with Crippen molar-refractivity contribution in [3.8, 4) is 5.75 Å². The minimum Gasteiger partial charge on any atom is -0.481 e. The fraction of sp³-hybridized carbons (Fsp3) is 0.188. The second kappa shape index (κ2) is 8.17. The van der Waals surface area contributed by atoms with E-state index in [0.717, 1.165) is 0 Å². The molecule has 0 unspecified atom stereocenters. The van der Waals surface area contributed by atoms with Gasteiger partial charge in [0.05, 0.1) is 0 Å². The van der Waals surface area contributed by atoms with Gasteiger partial charge in [-0.15, -0.1) is 0 Å². The van der Waals surface area contributed by atoms with Gasteiger partial charge in [0.15, 0.2) is 6.10 Å². The minimum absolute atomic E-state index is 0.348. The number of halogens is 3. The van der Waals surface area contributed by atoms with Crippen LogP contribution in [0.15, 0.2) is 53.4 Å². The number of nitrogens with one attached hydrogen (secondary N) is 1. The summed E-state index contributed by atoms with van der Waals surface area (Å²) in [6.07, 6.45) is -0.733. The maximum Gasteiger partial charge on any atom is 0.288 e. The quantitative estimate of drug-likeness (QED) is 0.734. The molecule has 0 bridgehead atoms. The van der Waals surface area contributed by atoms with Crippen LogP contribution in [-0.2, 0) is 4.79 Å². The Hall–Kier alpha value is -1.79. The number of amides is 1. The number of thioether (sulfide) groups is 1. The summed E-state index contributed by atoms with van der Waals surface area (Å²) in [6, 6.07) is 12.9. The summed E-state index contributed by atoms with van der Waals surface area (Å²) in [6.45, 7) is 1.61. The van der Waals surface area contributed by atoms with Gasteiger partial charge in [-0.1, -0.05) is 29.4 Å². The molecular formula is C16H14ClF2NO2S. The van der Waals surface area contributed by atoms with Gasteiger partial charge in [-0.05, 0) is 49.4 Å². The molecule has 1 amide bonds. The minimum atomic E-state index is -2.47. The molecule has 2 rings (SSSR count). The average molecular weight is 358 g/mol. The third-order valence-corrected chi connectivity index (χ3v) is 3.78. The lowest BCUT2D eigenvalue weighted by molar-refractivity contribution is -0.122. The molecule has 1 atom stereocenters. The van der Waals surface area contributed by atoms with E-state index in [2.05, 4.69) is 5.32 Å². The number of alkyl halides is 2. The van der Waals surface area contributed by atoms with Crippen molar-refractivity contribution in [1.29, 1.82) is 0 Å². The Balaban J connectivity index is 1.92. The van der Waals surface area contributed by atoms with Gasteiger partial charge in [-0.25, -0.2) is 0 Å². The number of ether oxygens (including phenoxy) is 1. The molecule has 0 aliphatic rings. The summed E-state index contributed by atoms with van der Waals surface area (Å²) < 4.78 is 30.0. The third kappa shape index (κ3) is 5.73. The van der Waals surface area contributed by atoms with Gasteiger partial charge in [0.2, 0.25) is 0 Å². The molecule has 7 heteroatoms. The van der Waals surface area contributed by atoms with Crippen molar-refractivity contribution < 1.29 is 18.3 Å². The smallest absolute Gasteiger partial charge is 0.288 e. The summed E-state index contributed by atoms with van der Waals surface area (Å²) in [4.78, 5) is 12.5. The molecule has 23 heavy (non-hydrogen) atoms. The Labute approximate surface area is 142 Å². The van der Waals surface area contributed by atoms with Crippen LogP contribution in [0.2, 0.25) is 5.02 Å². The maximum atomic E-state index is 12.2. The molecule has 2 aromatic carbocycles. The summed E-state index contributed by atoms with van der Waals surface area (Å²) >= 11 is 6.30. The second-order valence-corrected chi connectivity index (χ2v) is 6.11. The molecule has 2 aromatic rings. The Morgan fingerprint density at radius 1 is 1.22 bits per heavy atom. The van der Waals surface area contributed by atoms with Crippen LogP contribution in [0.25, 0.3) is 0 Å². The highest BCUT2D eigenvalue weighted by Gasteiger charge is 2.15. The van der Waals surface area contributed by atoms with E-state index >= 15 is 0 Å². The lowest BCUT2D eigenvalue weighted by Crippen LogP contribution is -2.30. The van der Waals surface area contributed by atoms with Crippen molar-refractivity contribution in [3.05, 3.63) is 53.6 Å². The average Bonchev–Trinajstić information content (AvgIpc) is 2.48. The first kappa shape index (κ1) is 17.6. The zero-order valence-electron chi connectivity index (χ0n) is 12.1. The summed E-state index contributed by atoms with van der Waals surface area (Å²) in [7, 11) is 0. The van der Waals surface area contributed by atoms with Crippen molar-refractivity contribution in [2.24, 2.45) is 0 Å². The van der Waals surface area contributed by atoms with Gasteiger partial charge in [0, 0.05) is 15.6 Å². The van der Waals surface area contributed by atoms with E-state index in [0.29, 0.717) is 33.1 Å². The van der Waals surface area contributed by atoms with Crippen molar-refractivity contribution in [2.75, 3.05) is 5.32 Å². The molecule has 3 nitrogen and oxygen atoms in total. The van der Waals surface area contributed by atoms with Gasteiger partial charge in [0.1, 0.15) is 5.75 Å². The first-order valence-electron chi connectivity index (χ1n) is 6.72. The maximum absolute atomic E-state index is 12.2. The fourth-order valence-corrected chi connectivity index (χ4v) is 2.44. The SMILES string of the molecule is C[C@@H](Oc1cccc(Cl)c1)C(=O)Nc1ccc(SC(F)F)cc1. The molecular weight excluding hydrogens is 344 g/mol. The summed E-state index contributed by atoms with van der Waals surface area (Å²) in [5.74, 6) is -2.33. The zero-order chi connectivity index (χ0) is 16.8. The molecule has 0 heterocycles. The monoisotopic (exact) mass is 357 g/mol. The number of carbonyl (C=O) groups is 1. The third-order valence-electron chi connectivity index (χ3n) is 2.83. The number of hydrogen-bond acceptors (Lipinski definition) is 3. The van der Waals surface area contributed by atoms with Crippen LogP contribution < -0.4 is 10.1 Å². The summed E-state index contributed by atoms with van der Waals surface area (Å²) in [5, 5.41) is 3.18. The van der Waals surface area contributed by atoms with Crippen molar-refractivity contribution in [1.82, 2.24) is 0 Å². The number of anilines is 1. The number of hydrogen-bond donors (Lipinski definition) is 1. The van der Waals surface area contributed by atoms with E-state index in [1.807, 2.05) is 0 Å². The number of benzene rings is 2. The highest BCUT2D eigenvalue weighted by atomic mass is 35.5. The second-order valence-electron chi connectivity index (χ2n) is 4.61. The normalized spacial score (nSPS) is 12.0. The van der Waals surface area contributed by atoms with Gasteiger partial charge >= 0.3 is 0 Å². The molecule has 0 fully saturated rings. The van der Waals surface area contributed by atoms with E-state index in [9.17, 15) is 13.6 Å². The molecule has 0 saturated heterocycles. The lowest BCUT2D eigenvalue weighted by Gasteiger charge is -2.15. The largest absolute Gasteiger partial charge is 0.481 e. The Morgan fingerprint density at radius 2 is 1.91 bits per heavy atom. The van der Waals surface area contributed by atoms with Crippen LogP contribution in [0.4, 0.5) is 14.5 Å². The van der Waals surface area contributed by atoms with Crippen molar-refractivity contribution in [2.45, 2.75) is 23.7 Å². The molecule has 0 spiro atoms. The van der Waals surface area contributed by atoms with E-state index < -0.39 is 11.9 Å². The van der Waals surface area contributed by atoms with Crippen LogP contribution in [0.3, 0.4) is 0 Å². The first-order valence-corrected chi connectivity index (χ1v) is 7.98. The topological polar surface area (TPSA) is 38.3 Å². The fourth-order valence-electron chi connectivity index (χ4n) is 1.76. The predicted molar refractivity (Wildman–Crippen MR) is 88.5 cm³/mol. The van der Waals surface area contributed by atoms with Gasteiger partial charge in [-0.3, -0.25) is 4.79 Å². The van der Waals surface area contributed by atoms with E-state index in [-0.39, 0.29) is 5.91 Å². The molecule has 0 aliphatic heterocycles. The predicted octanol–water partition coefficient (Wildman–Crippen LogP) is 5.06. The highest BCUT2D eigenvalue weighted by molar-refractivity contribution is 7.99. The Kier molecular flexibility index (Phi) is 6.24. The molecule has 0 aromatic heterocycles. The zero-order valence-corrected chi connectivity index (χ0v) is 13.7. The molecule has 0 saturated carbocycles. The van der Waals surface area contributed by atoms with Gasteiger partial charge in [-0.2, -0.15) is 8.78 Å². The van der Waals surface area contributed by atoms with Crippen LogP contribution >= 0.6 is 23.4 Å². The Morgan fingerprint density at radius 3 is 2.52 bits per heavy atom. The van der Waals surface area contributed by atoms with Crippen molar-refractivity contribution >= 4 is 35.0 Å². The lowest BCUT2D eigenvalue weighted by atomic mass is 10.3.